The molecule has 1 saturated heterocycles. The molecule has 3 N–H and O–H groups in total. The van der Waals surface area contributed by atoms with Crippen molar-refractivity contribution in [3.63, 3.8) is 0 Å². The summed E-state index contributed by atoms with van der Waals surface area (Å²) in [4.78, 5) is 35.7. The Morgan fingerprint density at radius 1 is 1.07 bits per heavy atom. The molecule has 1 fully saturated rings. The van der Waals surface area contributed by atoms with E-state index in [1.807, 2.05) is 0 Å². The van der Waals surface area contributed by atoms with E-state index in [0.29, 0.717) is 11.1 Å². The first-order valence-corrected chi connectivity index (χ1v) is 8.29. The largest absolute Gasteiger partial charge is 0.416 e. The van der Waals surface area contributed by atoms with Gasteiger partial charge in [-0.1, -0.05) is 30.3 Å². The lowest BCUT2D eigenvalue weighted by Crippen LogP contribution is -2.52. The van der Waals surface area contributed by atoms with E-state index in [1.54, 1.807) is 18.2 Å². The quantitative estimate of drug-likeness (QED) is 0.701. The van der Waals surface area contributed by atoms with Crippen LogP contribution < -0.4 is 16.0 Å². The number of benzene rings is 2. The Hall–Kier alpha value is -3.36. The number of nitrogens with one attached hydrogen (secondary N) is 3. The van der Waals surface area contributed by atoms with Gasteiger partial charge in [0.2, 0.25) is 0 Å². The molecule has 1 aliphatic heterocycles. The van der Waals surface area contributed by atoms with E-state index in [2.05, 4.69) is 16.0 Å². The number of rotatable bonds is 4. The normalized spacial score (nSPS) is 19.1. The molecular weight excluding hydrogens is 375 g/mol. The SMILES string of the molecule is CC1(CNC(=O)c2ccccc2-c2ccc(C(F)(F)F)cc2)NC(=O)NC1=O. The molecule has 1 atom stereocenters. The number of alkyl halides is 3. The van der Waals surface area contributed by atoms with E-state index in [1.165, 1.54) is 25.1 Å². The van der Waals surface area contributed by atoms with Crippen LogP contribution in [0, 0.1) is 0 Å². The molecule has 0 aliphatic carbocycles. The second kappa shape index (κ2) is 6.99. The van der Waals surface area contributed by atoms with Crippen LogP contribution in [0.2, 0.25) is 0 Å². The zero-order valence-electron chi connectivity index (χ0n) is 14.7. The summed E-state index contributed by atoms with van der Waals surface area (Å²) < 4.78 is 38.2. The smallest absolute Gasteiger partial charge is 0.349 e. The second-order valence-corrected chi connectivity index (χ2v) is 6.54. The highest BCUT2D eigenvalue weighted by atomic mass is 19.4. The molecule has 6 nitrogen and oxygen atoms in total. The van der Waals surface area contributed by atoms with E-state index in [9.17, 15) is 27.6 Å². The van der Waals surface area contributed by atoms with Crippen molar-refractivity contribution in [2.45, 2.75) is 18.6 Å². The maximum Gasteiger partial charge on any atom is 0.416 e. The molecule has 0 bridgehead atoms. The van der Waals surface area contributed by atoms with Crippen LogP contribution >= 0.6 is 0 Å². The third-order valence-electron chi connectivity index (χ3n) is 4.42. The summed E-state index contributed by atoms with van der Waals surface area (Å²) in [6.07, 6.45) is -4.45. The highest BCUT2D eigenvalue weighted by molar-refractivity contribution is 6.07. The molecular formula is C19H16F3N3O3. The maximum absolute atomic E-state index is 12.7. The molecule has 0 aromatic heterocycles. The summed E-state index contributed by atoms with van der Waals surface area (Å²) in [6, 6.07) is 10.3. The number of hydrogen-bond donors (Lipinski definition) is 3. The van der Waals surface area contributed by atoms with E-state index < -0.39 is 35.1 Å². The molecule has 0 saturated carbocycles. The first-order valence-electron chi connectivity index (χ1n) is 8.29. The van der Waals surface area contributed by atoms with Crippen molar-refractivity contribution in [2.24, 2.45) is 0 Å². The molecule has 2 aromatic rings. The minimum atomic E-state index is -4.45. The number of urea groups is 1. The summed E-state index contributed by atoms with van der Waals surface area (Å²) in [6.45, 7) is 1.32. The zero-order chi connectivity index (χ0) is 20.5. The van der Waals surface area contributed by atoms with Gasteiger partial charge in [-0.2, -0.15) is 13.2 Å². The Morgan fingerprint density at radius 3 is 2.29 bits per heavy atom. The van der Waals surface area contributed by atoms with E-state index in [-0.39, 0.29) is 12.1 Å². The van der Waals surface area contributed by atoms with Gasteiger partial charge in [0.25, 0.3) is 11.8 Å². The van der Waals surface area contributed by atoms with Crippen LogP contribution in [0.1, 0.15) is 22.8 Å². The van der Waals surface area contributed by atoms with Crippen LogP contribution in [0.15, 0.2) is 48.5 Å². The highest BCUT2D eigenvalue weighted by Crippen LogP contribution is 2.31. The fourth-order valence-corrected chi connectivity index (χ4v) is 2.83. The first-order chi connectivity index (χ1) is 13.1. The molecule has 1 aliphatic rings. The highest BCUT2D eigenvalue weighted by Gasteiger charge is 2.42. The van der Waals surface area contributed by atoms with Gasteiger partial charge in [-0.25, -0.2) is 4.79 Å². The first kappa shape index (κ1) is 19.4. The standard InChI is InChI=1S/C19H16F3N3O3/c1-18(16(27)24-17(28)25-18)10-23-15(26)14-5-3-2-4-13(14)11-6-8-12(9-7-11)19(20,21)22/h2-9H,10H2,1H3,(H,23,26)(H2,24,25,27,28). The van der Waals surface area contributed by atoms with Crippen molar-refractivity contribution in [3.8, 4) is 11.1 Å². The molecule has 146 valence electrons. The number of halogens is 3. The van der Waals surface area contributed by atoms with E-state index >= 15 is 0 Å². The lowest BCUT2D eigenvalue weighted by Gasteiger charge is -2.21. The second-order valence-electron chi connectivity index (χ2n) is 6.54. The van der Waals surface area contributed by atoms with Gasteiger partial charge in [-0.15, -0.1) is 0 Å². The van der Waals surface area contributed by atoms with Gasteiger partial charge in [-0.3, -0.25) is 14.9 Å². The maximum atomic E-state index is 12.7. The lowest BCUT2D eigenvalue weighted by molar-refractivity contribution is -0.137. The topological polar surface area (TPSA) is 87.3 Å². The van der Waals surface area contributed by atoms with Crippen LogP contribution in [0.25, 0.3) is 11.1 Å². The molecule has 1 unspecified atom stereocenters. The molecule has 1 heterocycles. The number of hydrogen-bond acceptors (Lipinski definition) is 3. The predicted molar refractivity (Wildman–Crippen MR) is 94.3 cm³/mol. The number of imide groups is 1. The van der Waals surface area contributed by atoms with Crippen LogP contribution in [0.3, 0.4) is 0 Å². The minimum Gasteiger partial charge on any atom is -0.349 e. The average Bonchev–Trinajstić information content (AvgIpc) is 2.91. The zero-order valence-corrected chi connectivity index (χ0v) is 14.7. The summed E-state index contributed by atoms with van der Waals surface area (Å²) in [7, 11) is 0. The third-order valence-corrected chi connectivity index (χ3v) is 4.42. The van der Waals surface area contributed by atoms with E-state index in [4.69, 9.17) is 0 Å². The molecule has 9 heteroatoms. The van der Waals surface area contributed by atoms with Gasteiger partial charge >= 0.3 is 12.2 Å². The van der Waals surface area contributed by atoms with Gasteiger partial charge in [0.05, 0.1) is 5.56 Å². The van der Waals surface area contributed by atoms with Gasteiger partial charge in [0.1, 0.15) is 5.54 Å². The van der Waals surface area contributed by atoms with Crippen molar-refractivity contribution in [2.75, 3.05) is 6.54 Å². The van der Waals surface area contributed by atoms with Crippen molar-refractivity contribution in [1.82, 2.24) is 16.0 Å². The Bertz CT molecular complexity index is 941. The van der Waals surface area contributed by atoms with Gasteiger partial charge < -0.3 is 10.6 Å². The van der Waals surface area contributed by atoms with Crippen molar-refractivity contribution < 1.29 is 27.6 Å². The number of amides is 4. The summed E-state index contributed by atoms with van der Waals surface area (Å²) >= 11 is 0. The minimum absolute atomic E-state index is 0.148. The summed E-state index contributed by atoms with van der Waals surface area (Å²) in [5, 5.41) is 7.11. The lowest BCUT2D eigenvalue weighted by atomic mass is 9.97. The fraction of sp³-hybridized carbons (Fsp3) is 0.211. The Morgan fingerprint density at radius 2 is 1.71 bits per heavy atom. The van der Waals surface area contributed by atoms with Crippen molar-refractivity contribution in [3.05, 3.63) is 59.7 Å². The molecule has 28 heavy (non-hydrogen) atoms. The molecule has 0 radical (unpaired) electrons. The molecule has 3 rings (SSSR count). The summed E-state index contributed by atoms with van der Waals surface area (Å²) in [5.74, 6) is -1.08. The third kappa shape index (κ3) is 3.83. The average molecular weight is 391 g/mol. The Kier molecular flexibility index (Phi) is 4.84. The van der Waals surface area contributed by atoms with Crippen LogP contribution in [-0.2, 0) is 11.0 Å². The van der Waals surface area contributed by atoms with Crippen LogP contribution in [0.5, 0.6) is 0 Å². The molecule has 4 amide bonds. The Balaban J connectivity index is 1.81. The van der Waals surface area contributed by atoms with Gasteiger partial charge in [-0.05, 0) is 36.2 Å². The van der Waals surface area contributed by atoms with Gasteiger partial charge in [0, 0.05) is 12.1 Å². The van der Waals surface area contributed by atoms with Crippen LogP contribution in [0.4, 0.5) is 18.0 Å². The monoisotopic (exact) mass is 391 g/mol. The Labute approximate surface area is 158 Å². The van der Waals surface area contributed by atoms with Crippen molar-refractivity contribution in [1.29, 1.82) is 0 Å². The molecule has 0 spiro atoms. The molecule has 2 aromatic carbocycles. The van der Waals surface area contributed by atoms with Gasteiger partial charge in [0.15, 0.2) is 0 Å². The van der Waals surface area contributed by atoms with Crippen LogP contribution in [-0.4, -0.2) is 29.9 Å². The number of carbonyl (C=O) groups is 3. The number of carbonyl (C=O) groups excluding carboxylic acids is 3. The predicted octanol–water partition coefficient (Wildman–Crippen LogP) is 2.70. The van der Waals surface area contributed by atoms with Crippen molar-refractivity contribution >= 4 is 17.8 Å². The summed E-state index contributed by atoms with van der Waals surface area (Å²) in [5.41, 5.74) is -0.948. The fourth-order valence-electron chi connectivity index (χ4n) is 2.83. The van der Waals surface area contributed by atoms with E-state index in [0.717, 1.165) is 12.1 Å².